The van der Waals surface area contributed by atoms with Crippen LogP contribution in [0.15, 0.2) is 30.9 Å². The molecule has 142 valence electrons. The SMILES string of the molecule is CCN(CC)C(=S)S[C@H](C)[C@](O)(Cn1cncn1)c1ccc(F)cc1F. The van der Waals surface area contributed by atoms with Crippen molar-refractivity contribution in [2.75, 3.05) is 13.1 Å². The molecule has 1 N–H and O–H groups in total. The van der Waals surface area contributed by atoms with Crippen LogP contribution in [0, 0.1) is 11.6 Å². The van der Waals surface area contributed by atoms with Gasteiger partial charge in [0.2, 0.25) is 0 Å². The zero-order valence-corrected chi connectivity index (χ0v) is 16.5. The Morgan fingerprint density at radius 3 is 2.62 bits per heavy atom. The van der Waals surface area contributed by atoms with E-state index in [0.29, 0.717) is 4.32 Å². The lowest BCUT2D eigenvalue weighted by Gasteiger charge is -2.35. The summed E-state index contributed by atoms with van der Waals surface area (Å²) < 4.78 is 29.8. The molecule has 1 aromatic carbocycles. The molecule has 0 amide bonds. The second-order valence-corrected chi connectivity index (χ2v) is 7.81. The van der Waals surface area contributed by atoms with E-state index in [1.165, 1.54) is 35.2 Å². The third-order valence-electron chi connectivity index (χ3n) is 4.24. The smallest absolute Gasteiger partial charge is 0.137 e. The zero-order valence-electron chi connectivity index (χ0n) is 14.9. The minimum atomic E-state index is -1.66. The molecular formula is C17H22F2N4OS2. The van der Waals surface area contributed by atoms with Gasteiger partial charge in [0, 0.05) is 30.0 Å². The number of thiocarbonyl (C=S) groups is 1. The van der Waals surface area contributed by atoms with E-state index in [4.69, 9.17) is 12.2 Å². The fourth-order valence-corrected chi connectivity index (χ4v) is 4.44. The predicted molar refractivity (Wildman–Crippen MR) is 103 cm³/mol. The van der Waals surface area contributed by atoms with Crippen LogP contribution < -0.4 is 0 Å². The summed E-state index contributed by atoms with van der Waals surface area (Å²) in [4.78, 5) is 5.84. The molecule has 0 saturated heterocycles. The van der Waals surface area contributed by atoms with Gasteiger partial charge in [0.25, 0.3) is 0 Å². The van der Waals surface area contributed by atoms with Crippen LogP contribution in [-0.4, -0.2) is 47.4 Å². The number of nitrogens with zero attached hydrogens (tertiary/aromatic N) is 4. The molecule has 0 radical (unpaired) electrons. The minimum Gasteiger partial charge on any atom is -0.382 e. The second kappa shape index (κ2) is 8.88. The van der Waals surface area contributed by atoms with Gasteiger partial charge < -0.3 is 10.0 Å². The zero-order chi connectivity index (χ0) is 19.3. The van der Waals surface area contributed by atoms with Gasteiger partial charge in [-0.05, 0) is 26.8 Å². The average Bonchev–Trinajstić information content (AvgIpc) is 3.08. The topological polar surface area (TPSA) is 54.2 Å². The van der Waals surface area contributed by atoms with Gasteiger partial charge in [-0.3, -0.25) is 0 Å². The number of halogens is 2. The van der Waals surface area contributed by atoms with E-state index in [-0.39, 0.29) is 12.1 Å². The Morgan fingerprint density at radius 1 is 1.38 bits per heavy atom. The second-order valence-electron chi connectivity index (χ2n) is 5.84. The molecule has 0 aliphatic heterocycles. The third kappa shape index (κ3) is 4.57. The molecule has 0 fully saturated rings. The van der Waals surface area contributed by atoms with Crippen LogP contribution in [0.1, 0.15) is 26.3 Å². The highest BCUT2D eigenvalue weighted by Gasteiger charge is 2.40. The molecule has 0 unspecified atom stereocenters. The predicted octanol–water partition coefficient (Wildman–Crippen LogP) is 3.19. The lowest BCUT2D eigenvalue weighted by atomic mass is 9.90. The number of thioether (sulfide) groups is 1. The van der Waals surface area contributed by atoms with Crippen molar-refractivity contribution in [1.82, 2.24) is 19.7 Å². The monoisotopic (exact) mass is 400 g/mol. The molecule has 1 aromatic heterocycles. The number of aromatic nitrogens is 3. The highest BCUT2D eigenvalue weighted by Crippen LogP contribution is 2.37. The summed E-state index contributed by atoms with van der Waals surface area (Å²) in [5.74, 6) is -1.51. The number of hydrogen-bond donors (Lipinski definition) is 1. The van der Waals surface area contributed by atoms with Gasteiger partial charge in [0.1, 0.15) is 34.2 Å². The van der Waals surface area contributed by atoms with Crippen molar-refractivity contribution < 1.29 is 13.9 Å². The first-order valence-corrected chi connectivity index (χ1v) is 9.56. The summed E-state index contributed by atoms with van der Waals surface area (Å²) in [5, 5.41) is 14.9. The fraction of sp³-hybridized carbons (Fsp3) is 0.471. The number of aliphatic hydroxyl groups is 1. The highest BCUT2D eigenvalue weighted by atomic mass is 32.2. The van der Waals surface area contributed by atoms with Crippen LogP contribution in [0.4, 0.5) is 8.78 Å². The molecule has 2 aromatic rings. The lowest BCUT2D eigenvalue weighted by Crippen LogP contribution is -2.43. The maximum atomic E-state index is 14.5. The van der Waals surface area contributed by atoms with E-state index in [1.54, 1.807) is 6.92 Å². The van der Waals surface area contributed by atoms with Crippen molar-refractivity contribution in [3.63, 3.8) is 0 Å². The maximum absolute atomic E-state index is 14.5. The largest absolute Gasteiger partial charge is 0.382 e. The quantitative estimate of drug-likeness (QED) is 0.721. The molecule has 0 aliphatic rings. The molecule has 2 rings (SSSR count). The summed E-state index contributed by atoms with van der Waals surface area (Å²) in [7, 11) is 0. The number of hydrogen-bond acceptors (Lipinski definition) is 5. The van der Waals surface area contributed by atoms with E-state index in [1.807, 2.05) is 18.7 Å². The molecule has 0 bridgehead atoms. The van der Waals surface area contributed by atoms with Crippen LogP contribution in [0.3, 0.4) is 0 Å². The molecule has 5 nitrogen and oxygen atoms in total. The van der Waals surface area contributed by atoms with Crippen molar-refractivity contribution in [1.29, 1.82) is 0 Å². The van der Waals surface area contributed by atoms with Gasteiger partial charge in [-0.15, -0.1) is 0 Å². The Kier molecular flexibility index (Phi) is 7.08. The molecular weight excluding hydrogens is 378 g/mol. The molecule has 2 atom stereocenters. The van der Waals surface area contributed by atoms with Crippen molar-refractivity contribution >= 4 is 28.3 Å². The maximum Gasteiger partial charge on any atom is 0.137 e. The Bertz CT molecular complexity index is 740. The van der Waals surface area contributed by atoms with Gasteiger partial charge in [-0.25, -0.2) is 18.4 Å². The summed E-state index contributed by atoms with van der Waals surface area (Å²) in [6.07, 6.45) is 2.77. The van der Waals surface area contributed by atoms with Gasteiger partial charge in [-0.1, -0.05) is 30.0 Å². The van der Waals surface area contributed by atoms with E-state index >= 15 is 0 Å². The Morgan fingerprint density at radius 2 is 2.08 bits per heavy atom. The standard InChI is InChI=1S/C17H22F2N4OS2/c1-4-22(5-2)16(25)26-12(3)17(24,9-23-11-20-10-21-23)14-7-6-13(18)8-15(14)19/h6-8,10-12,24H,4-5,9H2,1-3H3/t12-,17-/m1/s1. The first-order chi connectivity index (χ1) is 12.3. The first-order valence-electron chi connectivity index (χ1n) is 8.27. The molecule has 0 saturated carbocycles. The normalized spacial score (nSPS) is 14.7. The summed E-state index contributed by atoms with van der Waals surface area (Å²) in [6, 6.07) is 3.16. The van der Waals surface area contributed by atoms with Crippen LogP contribution in [0.25, 0.3) is 0 Å². The van der Waals surface area contributed by atoms with E-state index in [9.17, 15) is 13.9 Å². The molecule has 9 heteroatoms. The number of rotatable bonds is 7. The molecule has 0 spiro atoms. The molecule has 26 heavy (non-hydrogen) atoms. The van der Waals surface area contributed by atoms with Crippen LogP contribution in [-0.2, 0) is 12.1 Å². The number of benzene rings is 1. The van der Waals surface area contributed by atoms with Gasteiger partial charge in [-0.2, -0.15) is 5.10 Å². The van der Waals surface area contributed by atoms with E-state index in [0.717, 1.165) is 25.2 Å². The lowest BCUT2D eigenvalue weighted by molar-refractivity contribution is 0.0135. The van der Waals surface area contributed by atoms with Gasteiger partial charge in [0.05, 0.1) is 6.54 Å². The van der Waals surface area contributed by atoms with E-state index < -0.39 is 22.5 Å². The molecule has 0 aliphatic carbocycles. The van der Waals surface area contributed by atoms with Gasteiger partial charge in [0.15, 0.2) is 0 Å². The van der Waals surface area contributed by atoms with Gasteiger partial charge >= 0.3 is 0 Å². The average molecular weight is 401 g/mol. The minimum absolute atomic E-state index is 0.00301. The molecule has 1 heterocycles. The fourth-order valence-electron chi connectivity index (χ4n) is 2.64. The summed E-state index contributed by atoms with van der Waals surface area (Å²) in [5.41, 5.74) is -1.66. The van der Waals surface area contributed by atoms with Crippen molar-refractivity contribution in [2.24, 2.45) is 0 Å². The van der Waals surface area contributed by atoms with Crippen molar-refractivity contribution in [3.8, 4) is 0 Å². The first kappa shape index (κ1) is 20.7. The van der Waals surface area contributed by atoms with Crippen LogP contribution in [0.2, 0.25) is 0 Å². The van der Waals surface area contributed by atoms with Crippen LogP contribution >= 0.6 is 24.0 Å². The third-order valence-corrected chi connectivity index (χ3v) is 5.99. The van der Waals surface area contributed by atoms with Crippen molar-refractivity contribution in [2.45, 2.75) is 38.2 Å². The Balaban J connectivity index is 2.38. The summed E-state index contributed by atoms with van der Waals surface area (Å²) in [6.45, 7) is 7.18. The van der Waals surface area contributed by atoms with Crippen LogP contribution in [0.5, 0.6) is 0 Å². The highest BCUT2D eigenvalue weighted by molar-refractivity contribution is 8.23. The Hall–Kier alpha value is -1.58. The van der Waals surface area contributed by atoms with E-state index in [2.05, 4.69) is 10.1 Å². The summed E-state index contributed by atoms with van der Waals surface area (Å²) >= 11 is 6.74. The Labute approximate surface area is 161 Å². The van der Waals surface area contributed by atoms with Crippen molar-refractivity contribution in [3.05, 3.63) is 48.1 Å².